The third-order valence-electron chi connectivity index (χ3n) is 2.20. The van der Waals surface area contributed by atoms with Gasteiger partial charge in [0.25, 0.3) is 0 Å². The Morgan fingerprint density at radius 2 is 2.19 bits per heavy atom. The predicted molar refractivity (Wildman–Crippen MR) is 66.4 cm³/mol. The van der Waals surface area contributed by atoms with Crippen molar-refractivity contribution in [1.29, 1.82) is 0 Å². The number of benzene rings is 1. The van der Waals surface area contributed by atoms with Gasteiger partial charge < -0.3 is 9.67 Å². The first-order chi connectivity index (χ1) is 7.29. The number of rotatable bonds is 3. The van der Waals surface area contributed by atoms with E-state index in [1.165, 1.54) is 9.13 Å². The molecule has 1 aromatic heterocycles. The van der Waals surface area contributed by atoms with Gasteiger partial charge in [0.15, 0.2) is 0 Å². The van der Waals surface area contributed by atoms with Gasteiger partial charge in [-0.1, -0.05) is 12.1 Å². The Bertz CT molecular complexity index is 459. The van der Waals surface area contributed by atoms with Crippen LogP contribution in [0.4, 0.5) is 0 Å². The molecule has 0 atom stereocenters. The van der Waals surface area contributed by atoms with Gasteiger partial charge in [-0.2, -0.15) is 0 Å². The molecule has 0 fully saturated rings. The van der Waals surface area contributed by atoms with Crippen LogP contribution >= 0.6 is 22.6 Å². The summed E-state index contributed by atoms with van der Waals surface area (Å²) in [6.45, 7) is 0.788. The Kier molecular flexibility index (Phi) is 6.49. The second-order valence-electron chi connectivity index (χ2n) is 3.30. The van der Waals surface area contributed by atoms with E-state index in [1.54, 1.807) is 12.5 Å². The Morgan fingerprint density at radius 3 is 2.88 bits per heavy atom. The van der Waals surface area contributed by atoms with Crippen LogP contribution in [0.5, 0.6) is 0 Å². The fourth-order valence-electron chi connectivity index (χ4n) is 1.45. The smallest absolute Gasteiger partial charge is 0.0952 e. The minimum atomic E-state index is 0. The van der Waals surface area contributed by atoms with E-state index < -0.39 is 0 Å². The minimum absolute atomic E-state index is 0. The van der Waals surface area contributed by atoms with Crippen molar-refractivity contribution < 1.29 is 49.2 Å². The van der Waals surface area contributed by atoms with Gasteiger partial charge in [0, 0.05) is 54.2 Å². The normalized spacial score (nSPS) is 9.88. The molecule has 2 aromatic rings. The zero-order chi connectivity index (χ0) is 10.7. The second-order valence-corrected chi connectivity index (χ2v) is 4.55. The summed E-state index contributed by atoms with van der Waals surface area (Å²) in [6, 6.07) is 8.29. The molecule has 0 saturated heterocycles. The first-order valence-corrected chi connectivity index (χ1v) is 5.72. The summed E-state index contributed by atoms with van der Waals surface area (Å²) in [7, 11) is 0. The van der Waals surface area contributed by atoms with Crippen LogP contribution in [0.15, 0.2) is 36.8 Å². The zero-order valence-electron chi connectivity index (χ0n) is 8.68. The first-order valence-electron chi connectivity index (χ1n) is 4.64. The molecule has 0 bridgehead atoms. The molecular formula is C11H11AcIN2O. The molecule has 1 aromatic carbocycles. The summed E-state index contributed by atoms with van der Waals surface area (Å²) in [5.74, 6) is 0. The number of nitrogens with zero attached hydrogens (tertiary/aromatic N) is 2. The van der Waals surface area contributed by atoms with Crippen molar-refractivity contribution in [1.82, 2.24) is 9.55 Å². The van der Waals surface area contributed by atoms with Crippen LogP contribution in [-0.2, 0) is 13.2 Å². The van der Waals surface area contributed by atoms with Gasteiger partial charge in [-0.25, -0.2) is 4.98 Å². The van der Waals surface area contributed by atoms with Gasteiger partial charge in [0.2, 0.25) is 0 Å². The summed E-state index contributed by atoms with van der Waals surface area (Å²) < 4.78 is 3.17. The van der Waals surface area contributed by atoms with Crippen molar-refractivity contribution in [3.05, 3.63) is 51.6 Å². The van der Waals surface area contributed by atoms with Crippen molar-refractivity contribution in [2.45, 2.75) is 13.2 Å². The summed E-state index contributed by atoms with van der Waals surface area (Å²) >= 11 is 2.29. The van der Waals surface area contributed by atoms with Crippen molar-refractivity contribution in [3.8, 4) is 0 Å². The molecule has 3 nitrogen and oxygen atoms in total. The maximum atomic E-state index is 9.08. The maximum Gasteiger partial charge on any atom is 0.0952 e. The van der Waals surface area contributed by atoms with Gasteiger partial charge in [-0.05, 0) is 40.3 Å². The molecular weight excluding hydrogens is 530 g/mol. The van der Waals surface area contributed by atoms with E-state index in [0.717, 1.165) is 12.2 Å². The molecule has 1 N–H and O–H groups in total. The number of hydrogen-bond donors (Lipinski definition) is 1. The third kappa shape index (κ3) is 3.80. The van der Waals surface area contributed by atoms with Crippen LogP contribution in [0.25, 0.3) is 0 Å². The second kappa shape index (κ2) is 7.10. The van der Waals surface area contributed by atoms with Crippen LogP contribution in [0.1, 0.15) is 11.3 Å². The summed E-state index contributed by atoms with van der Waals surface area (Å²) in [5.41, 5.74) is 2.06. The first kappa shape index (κ1) is 14.6. The largest absolute Gasteiger partial charge is 0.390 e. The van der Waals surface area contributed by atoms with Crippen molar-refractivity contribution in [2.75, 3.05) is 0 Å². The van der Waals surface area contributed by atoms with Crippen molar-refractivity contribution >= 4 is 22.6 Å². The molecule has 0 aliphatic heterocycles. The molecule has 0 spiro atoms. The number of aliphatic hydroxyl groups is 1. The summed E-state index contributed by atoms with van der Waals surface area (Å²) in [5, 5.41) is 9.08. The third-order valence-corrected chi connectivity index (χ3v) is 2.87. The number of aliphatic hydroxyl groups excluding tert-OH is 1. The molecule has 5 heteroatoms. The Hall–Kier alpha value is 0.562. The summed E-state index contributed by atoms with van der Waals surface area (Å²) in [4.78, 5) is 4.01. The van der Waals surface area contributed by atoms with E-state index in [9.17, 15) is 0 Å². The Morgan fingerprint density at radius 1 is 1.38 bits per heavy atom. The van der Waals surface area contributed by atoms with Crippen molar-refractivity contribution in [3.63, 3.8) is 0 Å². The predicted octanol–water partition coefficient (Wildman–Crippen LogP) is 2.03. The molecule has 0 saturated carbocycles. The maximum absolute atomic E-state index is 9.08. The average molecular weight is 541 g/mol. The van der Waals surface area contributed by atoms with Crippen LogP contribution in [0, 0.1) is 47.6 Å². The van der Waals surface area contributed by atoms with Crippen LogP contribution in [0.3, 0.4) is 0 Å². The molecule has 1 radical (unpaired) electrons. The molecule has 1 heterocycles. The zero-order valence-corrected chi connectivity index (χ0v) is 15.6. The van der Waals surface area contributed by atoms with Gasteiger partial charge in [-0.15, -0.1) is 0 Å². The van der Waals surface area contributed by atoms with E-state index in [2.05, 4.69) is 45.8 Å². The molecule has 0 aliphatic carbocycles. The van der Waals surface area contributed by atoms with Gasteiger partial charge in [0.1, 0.15) is 0 Å². The fraction of sp³-hybridized carbons (Fsp3) is 0.182. The van der Waals surface area contributed by atoms with Gasteiger partial charge in [0.05, 0.1) is 24.8 Å². The molecule has 0 amide bonds. The molecule has 81 valence electrons. The molecule has 16 heavy (non-hydrogen) atoms. The van der Waals surface area contributed by atoms with Gasteiger partial charge in [-0.3, -0.25) is 0 Å². The monoisotopic (exact) mass is 541 g/mol. The van der Waals surface area contributed by atoms with E-state index in [-0.39, 0.29) is 50.7 Å². The topological polar surface area (TPSA) is 38.1 Å². The van der Waals surface area contributed by atoms with E-state index in [0.29, 0.717) is 0 Å². The fourth-order valence-corrected chi connectivity index (χ4v) is 2.06. The quantitative estimate of drug-likeness (QED) is 0.605. The average Bonchev–Trinajstić information content (AvgIpc) is 2.65. The molecule has 2 rings (SSSR count). The Balaban J connectivity index is 0.00000128. The summed E-state index contributed by atoms with van der Waals surface area (Å²) in [6.07, 6.45) is 3.43. The van der Waals surface area contributed by atoms with E-state index in [4.69, 9.17) is 5.11 Å². The van der Waals surface area contributed by atoms with Crippen molar-refractivity contribution in [2.24, 2.45) is 0 Å². The van der Waals surface area contributed by atoms with Crippen LogP contribution < -0.4 is 0 Å². The van der Waals surface area contributed by atoms with Crippen LogP contribution in [0.2, 0.25) is 0 Å². The van der Waals surface area contributed by atoms with E-state index >= 15 is 0 Å². The van der Waals surface area contributed by atoms with Crippen LogP contribution in [-0.4, -0.2) is 14.7 Å². The Labute approximate surface area is 144 Å². The minimum Gasteiger partial charge on any atom is -0.390 e. The number of hydrogen-bond acceptors (Lipinski definition) is 2. The SMILES string of the molecule is OCc1cncn1Cc1cccc(I)c1.[Ac]. The van der Waals surface area contributed by atoms with Gasteiger partial charge >= 0.3 is 0 Å². The number of imidazole rings is 1. The number of aromatic nitrogens is 2. The molecule has 0 aliphatic rings. The standard InChI is InChI=1S/C11H11IN2O.Ac/c12-10-3-1-2-9(4-10)6-14-8-13-5-11(14)7-15;/h1-5,8,15H,6-7H2;. The van der Waals surface area contributed by atoms with E-state index in [1.807, 2.05) is 10.6 Å². The number of halogens is 1. The molecule has 0 unspecified atom stereocenters.